The van der Waals surface area contributed by atoms with Crippen LogP contribution in [0.1, 0.15) is 6.42 Å². The molecule has 11 nitrogen and oxygen atoms in total. The zero-order valence-corrected chi connectivity index (χ0v) is 19.8. The van der Waals surface area contributed by atoms with Gasteiger partial charge in [0.05, 0.1) is 31.3 Å². The Bertz CT molecular complexity index is 1350. The number of anilines is 2. The summed E-state index contributed by atoms with van der Waals surface area (Å²) in [5, 5.41) is 6.14. The lowest BCUT2D eigenvalue weighted by Crippen LogP contribution is -2.30. The van der Waals surface area contributed by atoms with Gasteiger partial charge in [0.1, 0.15) is 11.6 Å². The fourth-order valence-electron chi connectivity index (χ4n) is 4.05. The topological polar surface area (TPSA) is 128 Å². The minimum absolute atomic E-state index is 0.0513. The highest BCUT2D eigenvalue weighted by Crippen LogP contribution is 2.35. The van der Waals surface area contributed by atoms with Gasteiger partial charge in [-0.15, -0.1) is 11.8 Å². The summed E-state index contributed by atoms with van der Waals surface area (Å²) in [6.07, 6.45) is 1.25. The van der Waals surface area contributed by atoms with E-state index in [1.54, 1.807) is 27.7 Å². The Balaban J connectivity index is 1.14. The van der Waals surface area contributed by atoms with Crippen molar-refractivity contribution in [3.05, 3.63) is 46.9 Å². The van der Waals surface area contributed by atoms with Crippen LogP contribution < -0.4 is 25.8 Å². The molecule has 182 valence electrons. The molecule has 2 amide bonds. The summed E-state index contributed by atoms with van der Waals surface area (Å²) in [6.45, 7) is 1.98. The number of pyridine rings is 1. The predicted octanol–water partition coefficient (Wildman–Crippen LogP) is 1.85. The van der Waals surface area contributed by atoms with Gasteiger partial charge in [0, 0.05) is 29.7 Å². The molecule has 12 heteroatoms. The Morgan fingerprint density at radius 3 is 2.97 bits per heavy atom. The molecule has 1 fully saturated rings. The van der Waals surface area contributed by atoms with Crippen LogP contribution >= 0.6 is 11.8 Å². The molecule has 0 spiro atoms. The van der Waals surface area contributed by atoms with Gasteiger partial charge in [-0.1, -0.05) is 0 Å². The molecule has 3 aromatic rings. The molecule has 1 aromatic carbocycles. The molecule has 1 unspecified atom stereocenters. The fourth-order valence-corrected chi connectivity index (χ4v) is 4.84. The molecular formula is C23H24N6O5S. The summed E-state index contributed by atoms with van der Waals surface area (Å²) >= 11 is 1.48. The van der Waals surface area contributed by atoms with Crippen molar-refractivity contribution in [2.45, 2.75) is 24.0 Å². The first-order chi connectivity index (χ1) is 17.0. The third-order valence-corrected chi connectivity index (χ3v) is 6.88. The molecule has 4 heterocycles. The number of aromatic nitrogens is 3. The van der Waals surface area contributed by atoms with Crippen LogP contribution in [0, 0.1) is 0 Å². The average Bonchev–Trinajstić information content (AvgIpc) is 3.24. The van der Waals surface area contributed by atoms with Crippen LogP contribution in [0.5, 0.6) is 5.88 Å². The van der Waals surface area contributed by atoms with Gasteiger partial charge in [-0.25, -0.2) is 9.78 Å². The second-order valence-corrected chi connectivity index (χ2v) is 9.13. The normalized spacial score (nSPS) is 17.3. The zero-order valence-electron chi connectivity index (χ0n) is 19.0. The fraction of sp³-hybridized carbons (Fsp3) is 0.348. The van der Waals surface area contributed by atoms with Crippen molar-refractivity contribution in [1.82, 2.24) is 19.9 Å². The van der Waals surface area contributed by atoms with Gasteiger partial charge in [-0.2, -0.15) is 4.98 Å². The minimum Gasteiger partial charge on any atom is -0.481 e. The van der Waals surface area contributed by atoms with Crippen molar-refractivity contribution in [2.24, 2.45) is 0 Å². The van der Waals surface area contributed by atoms with Crippen LogP contribution in [0.15, 0.2) is 46.2 Å². The number of cyclic esters (lactones) is 1. The number of hydrogen-bond acceptors (Lipinski definition) is 9. The Labute approximate surface area is 204 Å². The second-order valence-electron chi connectivity index (χ2n) is 8.12. The highest BCUT2D eigenvalue weighted by molar-refractivity contribution is 8.00. The number of nitrogens with zero attached hydrogens (tertiary/aromatic N) is 4. The molecule has 1 atom stereocenters. The molecular weight excluding hydrogens is 472 g/mol. The SMILES string of the molecule is COc1ccc2ncc(=O)n(CCNCCC3CN(c4ccc5c(c4)NC(=O)CS5)C(=O)O3)c2n1. The summed E-state index contributed by atoms with van der Waals surface area (Å²) in [4.78, 5) is 47.5. The first-order valence-corrected chi connectivity index (χ1v) is 12.2. The first-order valence-electron chi connectivity index (χ1n) is 11.2. The lowest BCUT2D eigenvalue weighted by molar-refractivity contribution is -0.113. The summed E-state index contributed by atoms with van der Waals surface area (Å²) in [5.41, 5.74) is 2.26. The van der Waals surface area contributed by atoms with E-state index in [-0.39, 0.29) is 17.6 Å². The number of nitrogens with one attached hydrogen (secondary N) is 2. The number of methoxy groups -OCH3 is 1. The number of hydrogen-bond donors (Lipinski definition) is 2. The number of fused-ring (bicyclic) bond motifs is 2. The van der Waals surface area contributed by atoms with Crippen molar-refractivity contribution in [1.29, 1.82) is 0 Å². The molecule has 5 rings (SSSR count). The first kappa shape index (κ1) is 23.1. The van der Waals surface area contributed by atoms with Gasteiger partial charge in [0.2, 0.25) is 11.8 Å². The quantitative estimate of drug-likeness (QED) is 0.449. The average molecular weight is 497 g/mol. The summed E-state index contributed by atoms with van der Waals surface area (Å²) in [5.74, 6) is 0.757. The van der Waals surface area contributed by atoms with Gasteiger partial charge in [0.25, 0.3) is 5.56 Å². The van der Waals surface area contributed by atoms with Crippen molar-refractivity contribution < 1.29 is 19.1 Å². The van der Waals surface area contributed by atoms with Crippen LogP contribution in [-0.4, -0.2) is 65.1 Å². The maximum absolute atomic E-state index is 12.4. The summed E-state index contributed by atoms with van der Waals surface area (Å²) < 4.78 is 12.2. The molecule has 0 radical (unpaired) electrons. The largest absolute Gasteiger partial charge is 0.481 e. The molecule has 2 aliphatic rings. The van der Waals surface area contributed by atoms with E-state index in [9.17, 15) is 14.4 Å². The molecule has 0 aliphatic carbocycles. The molecule has 1 saturated heterocycles. The Kier molecular flexibility index (Phi) is 6.55. The number of amides is 2. The highest BCUT2D eigenvalue weighted by Gasteiger charge is 2.32. The van der Waals surface area contributed by atoms with E-state index in [2.05, 4.69) is 20.6 Å². The van der Waals surface area contributed by atoms with E-state index in [1.807, 2.05) is 12.1 Å². The molecule has 0 bridgehead atoms. The van der Waals surface area contributed by atoms with Crippen LogP contribution in [0.25, 0.3) is 11.2 Å². The molecule has 0 saturated carbocycles. The van der Waals surface area contributed by atoms with Crippen LogP contribution in [0.2, 0.25) is 0 Å². The monoisotopic (exact) mass is 496 g/mol. The number of benzene rings is 1. The van der Waals surface area contributed by atoms with Crippen molar-refractivity contribution in [2.75, 3.05) is 42.7 Å². The predicted molar refractivity (Wildman–Crippen MR) is 131 cm³/mol. The smallest absolute Gasteiger partial charge is 0.414 e. The number of rotatable bonds is 8. The van der Waals surface area contributed by atoms with E-state index >= 15 is 0 Å². The van der Waals surface area contributed by atoms with E-state index in [4.69, 9.17) is 9.47 Å². The van der Waals surface area contributed by atoms with Gasteiger partial charge < -0.3 is 20.1 Å². The van der Waals surface area contributed by atoms with E-state index in [1.165, 1.54) is 25.1 Å². The van der Waals surface area contributed by atoms with Crippen LogP contribution in [-0.2, 0) is 16.1 Å². The third kappa shape index (κ3) is 4.93. The van der Waals surface area contributed by atoms with E-state index in [0.29, 0.717) is 66.8 Å². The maximum atomic E-state index is 12.4. The lowest BCUT2D eigenvalue weighted by atomic mass is 10.2. The summed E-state index contributed by atoms with van der Waals surface area (Å²) in [7, 11) is 1.52. The van der Waals surface area contributed by atoms with E-state index in [0.717, 1.165) is 4.90 Å². The van der Waals surface area contributed by atoms with Gasteiger partial charge in [-0.3, -0.25) is 19.1 Å². The molecule has 2 N–H and O–H groups in total. The van der Waals surface area contributed by atoms with Crippen molar-refractivity contribution in [3.8, 4) is 5.88 Å². The number of ether oxygens (including phenoxy) is 2. The van der Waals surface area contributed by atoms with Crippen molar-refractivity contribution in [3.63, 3.8) is 0 Å². The second kappa shape index (κ2) is 9.92. The number of carbonyl (C=O) groups excluding carboxylic acids is 2. The zero-order chi connectivity index (χ0) is 24.4. The molecule has 2 aromatic heterocycles. The molecule has 35 heavy (non-hydrogen) atoms. The Morgan fingerprint density at radius 1 is 1.23 bits per heavy atom. The van der Waals surface area contributed by atoms with Gasteiger partial charge in [0.15, 0.2) is 5.65 Å². The van der Waals surface area contributed by atoms with Gasteiger partial charge >= 0.3 is 6.09 Å². The standard InChI is InChI=1S/C23H24N6O5S/c1-33-20-5-3-16-22(27-20)28(21(31)11-25-16)9-8-24-7-6-15-12-29(23(32)34-15)14-2-4-18-17(10-14)26-19(30)13-35-18/h2-5,10-11,15,24H,6-9,12-13H2,1H3,(H,26,30). The number of carbonyl (C=O) groups is 2. The number of thioether (sulfide) groups is 1. The van der Waals surface area contributed by atoms with Crippen LogP contribution in [0.4, 0.5) is 16.2 Å². The van der Waals surface area contributed by atoms with Gasteiger partial charge in [-0.05, 0) is 37.2 Å². The Hall–Kier alpha value is -3.64. The lowest BCUT2D eigenvalue weighted by Gasteiger charge is -2.20. The van der Waals surface area contributed by atoms with Crippen LogP contribution in [0.3, 0.4) is 0 Å². The van der Waals surface area contributed by atoms with Crippen molar-refractivity contribution >= 4 is 46.3 Å². The maximum Gasteiger partial charge on any atom is 0.414 e. The van der Waals surface area contributed by atoms with E-state index < -0.39 is 6.09 Å². The minimum atomic E-state index is -0.403. The summed E-state index contributed by atoms with van der Waals surface area (Å²) in [6, 6.07) is 9.05. The molecule has 2 aliphatic heterocycles. The Morgan fingerprint density at radius 2 is 2.11 bits per heavy atom. The third-order valence-electron chi connectivity index (χ3n) is 5.81. The highest BCUT2D eigenvalue weighted by atomic mass is 32.2.